The summed E-state index contributed by atoms with van der Waals surface area (Å²) in [5, 5.41) is 2.66. The van der Waals surface area contributed by atoms with Gasteiger partial charge in [-0.05, 0) is 36.4 Å². The van der Waals surface area contributed by atoms with Gasteiger partial charge in [-0.25, -0.2) is 9.37 Å². The molecule has 120 valence electrons. The summed E-state index contributed by atoms with van der Waals surface area (Å²) in [5.41, 5.74) is 1.28. The zero-order chi connectivity index (χ0) is 16.9. The Hall–Kier alpha value is -3.35. The first-order chi connectivity index (χ1) is 11.6. The van der Waals surface area contributed by atoms with E-state index in [2.05, 4.69) is 15.3 Å². The molecule has 7 heteroatoms. The number of nitrogens with one attached hydrogen (secondary N) is 1. The molecule has 0 atom stereocenters. The standard InChI is InChI=1S/C17H13FN4O2/c18-13-3-1-12(2-4-13)15-9-17(24)22(11-20-15)10-16(23)21-14-5-7-19-8-6-14/h1-9,11H,10H2,(H,19,21,23). The Bertz CT molecular complexity index is 908. The lowest BCUT2D eigenvalue weighted by atomic mass is 10.1. The first-order valence-corrected chi connectivity index (χ1v) is 7.14. The number of rotatable bonds is 4. The van der Waals surface area contributed by atoms with E-state index in [1.54, 1.807) is 24.5 Å². The SMILES string of the molecule is O=C(Cn1cnc(-c2ccc(F)cc2)cc1=O)Nc1ccncc1. The molecule has 0 saturated carbocycles. The Morgan fingerprint density at radius 2 is 1.83 bits per heavy atom. The molecule has 1 aromatic carbocycles. The molecule has 6 nitrogen and oxygen atoms in total. The molecule has 2 aromatic heterocycles. The van der Waals surface area contributed by atoms with Crippen LogP contribution in [-0.4, -0.2) is 20.4 Å². The first-order valence-electron chi connectivity index (χ1n) is 7.14. The van der Waals surface area contributed by atoms with Crippen molar-refractivity contribution in [2.24, 2.45) is 0 Å². The van der Waals surface area contributed by atoms with Crippen LogP contribution in [0.3, 0.4) is 0 Å². The fraction of sp³-hybridized carbons (Fsp3) is 0.0588. The molecule has 1 N–H and O–H groups in total. The molecule has 0 fully saturated rings. The molecule has 0 spiro atoms. The largest absolute Gasteiger partial charge is 0.324 e. The number of hydrogen-bond acceptors (Lipinski definition) is 4. The monoisotopic (exact) mass is 324 g/mol. The van der Waals surface area contributed by atoms with Gasteiger partial charge in [0.25, 0.3) is 5.56 Å². The minimum atomic E-state index is -0.366. The predicted octanol–water partition coefficient (Wildman–Crippen LogP) is 2.08. The molecular formula is C17H13FN4O2. The van der Waals surface area contributed by atoms with Gasteiger partial charge in [-0.15, -0.1) is 0 Å². The van der Waals surface area contributed by atoms with Crippen LogP contribution in [0.4, 0.5) is 10.1 Å². The molecule has 24 heavy (non-hydrogen) atoms. The summed E-state index contributed by atoms with van der Waals surface area (Å²) < 4.78 is 14.1. The Balaban J connectivity index is 1.74. The Morgan fingerprint density at radius 1 is 1.12 bits per heavy atom. The maximum atomic E-state index is 12.9. The zero-order valence-electron chi connectivity index (χ0n) is 12.5. The van der Waals surface area contributed by atoms with E-state index in [9.17, 15) is 14.0 Å². The molecule has 0 radical (unpaired) electrons. The highest BCUT2D eigenvalue weighted by Gasteiger charge is 2.07. The van der Waals surface area contributed by atoms with Crippen LogP contribution >= 0.6 is 0 Å². The molecule has 0 aliphatic rings. The van der Waals surface area contributed by atoms with Crippen molar-refractivity contribution >= 4 is 11.6 Å². The molecule has 0 unspecified atom stereocenters. The maximum Gasteiger partial charge on any atom is 0.254 e. The van der Waals surface area contributed by atoms with Crippen molar-refractivity contribution in [3.63, 3.8) is 0 Å². The van der Waals surface area contributed by atoms with E-state index in [1.807, 2.05) is 0 Å². The normalized spacial score (nSPS) is 10.4. The molecular weight excluding hydrogens is 311 g/mol. The van der Waals surface area contributed by atoms with Gasteiger partial charge in [-0.3, -0.25) is 19.1 Å². The number of anilines is 1. The highest BCUT2D eigenvalue weighted by molar-refractivity contribution is 5.90. The second-order valence-electron chi connectivity index (χ2n) is 5.03. The summed E-state index contributed by atoms with van der Waals surface area (Å²) in [6, 6.07) is 10.3. The summed E-state index contributed by atoms with van der Waals surface area (Å²) in [7, 11) is 0. The second-order valence-corrected chi connectivity index (χ2v) is 5.03. The van der Waals surface area contributed by atoms with Gasteiger partial charge in [0.2, 0.25) is 5.91 Å². The Labute approximate surface area is 136 Å². The summed E-state index contributed by atoms with van der Waals surface area (Å²) >= 11 is 0. The van der Waals surface area contributed by atoms with Crippen molar-refractivity contribution in [1.29, 1.82) is 0 Å². The molecule has 0 aliphatic carbocycles. The van der Waals surface area contributed by atoms with Crippen LogP contribution in [0.15, 0.2) is 66.0 Å². The van der Waals surface area contributed by atoms with Crippen LogP contribution in [0.25, 0.3) is 11.3 Å². The summed E-state index contributed by atoms with van der Waals surface area (Å²) in [5.74, 6) is -0.709. The van der Waals surface area contributed by atoms with Gasteiger partial charge < -0.3 is 5.32 Å². The van der Waals surface area contributed by atoms with Gasteiger partial charge in [-0.2, -0.15) is 0 Å². The van der Waals surface area contributed by atoms with E-state index in [0.29, 0.717) is 16.9 Å². The summed E-state index contributed by atoms with van der Waals surface area (Å²) in [6.45, 7) is -0.155. The maximum absolute atomic E-state index is 12.9. The molecule has 3 aromatic rings. The smallest absolute Gasteiger partial charge is 0.254 e. The van der Waals surface area contributed by atoms with E-state index in [4.69, 9.17) is 0 Å². The predicted molar refractivity (Wildman–Crippen MR) is 86.8 cm³/mol. The molecule has 0 bridgehead atoms. The highest BCUT2D eigenvalue weighted by atomic mass is 19.1. The second kappa shape index (κ2) is 6.82. The third kappa shape index (κ3) is 3.70. The highest BCUT2D eigenvalue weighted by Crippen LogP contribution is 2.15. The van der Waals surface area contributed by atoms with Crippen molar-refractivity contribution < 1.29 is 9.18 Å². The average Bonchev–Trinajstić information content (AvgIpc) is 2.58. The molecule has 1 amide bonds. The minimum absolute atomic E-state index is 0.155. The Kier molecular flexibility index (Phi) is 4.42. The van der Waals surface area contributed by atoms with Crippen LogP contribution in [0.1, 0.15) is 0 Å². The van der Waals surface area contributed by atoms with Gasteiger partial charge >= 0.3 is 0 Å². The van der Waals surface area contributed by atoms with E-state index in [0.717, 1.165) is 0 Å². The number of benzene rings is 1. The van der Waals surface area contributed by atoms with Crippen molar-refractivity contribution in [1.82, 2.24) is 14.5 Å². The van der Waals surface area contributed by atoms with Crippen molar-refractivity contribution in [3.8, 4) is 11.3 Å². The fourth-order valence-corrected chi connectivity index (χ4v) is 2.11. The Morgan fingerprint density at radius 3 is 2.50 bits per heavy atom. The number of carbonyl (C=O) groups is 1. The minimum Gasteiger partial charge on any atom is -0.324 e. The number of aromatic nitrogens is 3. The van der Waals surface area contributed by atoms with E-state index < -0.39 is 0 Å². The van der Waals surface area contributed by atoms with E-state index in [-0.39, 0.29) is 23.8 Å². The van der Waals surface area contributed by atoms with Crippen molar-refractivity contribution in [2.75, 3.05) is 5.32 Å². The average molecular weight is 324 g/mol. The summed E-state index contributed by atoms with van der Waals surface area (Å²) in [6.07, 6.45) is 4.41. The molecule has 2 heterocycles. The molecule has 0 aliphatic heterocycles. The number of carbonyl (C=O) groups excluding carboxylic acids is 1. The van der Waals surface area contributed by atoms with Crippen molar-refractivity contribution in [3.05, 3.63) is 77.4 Å². The third-order valence-corrected chi connectivity index (χ3v) is 3.30. The van der Waals surface area contributed by atoms with Crippen LogP contribution in [0, 0.1) is 5.82 Å². The third-order valence-electron chi connectivity index (χ3n) is 3.30. The lowest BCUT2D eigenvalue weighted by Crippen LogP contribution is -2.27. The van der Waals surface area contributed by atoms with E-state index >= 15 is 0 Å². The van der Waals surface area contributed by atoms with Gasteiger partial charge in [0.05, 0.1) is 12.0 Å². The quantitative estimate of drug-likeness (QED) is 0.797. The van der Waals surface area contributed by atoms with Crippen LogP contribution in [0.2, 0.25) is 0 Å². The number of pyridine rings is 1. The van der Waals surface area contributed by atoms with Gasteiger partial charge in [0.15, 0.2) is 0 Å². The molecule has 0 saturated heterocycles. The lowest BCUT2D eigenvalue weighted by Gasteiger charge is -2.08. The summed E-state index contributed by atoms with van der Waals surface area (Å²) in [4.78, 5) is 32.1. The zero-order valence-corrected chi connectivity index (χ0v) is 12.5. The van der Waals surface area contributed by atoms with Crippen LogP contribution < -0.4 is 10.9 Å². The number of halogens is 1. The number of amides is 1. The fourth-order valence-electron chi connectivity index (χ4n) is 2.11. The topological polar surface area (TPSA) is 76.9 Å². The van der Waals surface area contributed by atoms with Crippen molar-refractivity contribution in [2.45, 2.75) is 6.54 Å². The lowest BCUT2D eigenvalue weighted by molar-refractivity contribution is -0.116. The van der Waals surface area contributed by atoms with Gasteiger partial charge in [0, 0.05) is 29.7 Å². The molecule has 3 rings (SSSR count). The van der Waals surface area contributed by atoms with Gasteiger partial charge in [0.1, 0.15) is 12.4 Å². The van der Waals surface area contributed by atoms with Crippen LogP contribution in [0.5, 0.6) is 0 Å². The number of nitrogens with zero attached hydrogens (tertiary/aromatic N) is 3. The number of hydrogen-bond donors (Lipinski definition) is 1. The first kappa shape index (κ1) is 15.5. The van der Waals surface area contributed by atoms with Gasteiger partial charge in [-0.1, -0.05) is 0 Å². The van der Waals surface area contributed by atoms with E-state index in [1.165, 1.54) is 41.2 Å². The van der Waals surface area contributed by atoms with Crippen LogP contribution in [-0.2, 0) is 11.3 Å².